The monoisotopic (exact) mass is 625 g/mol. The molecule has 49 heavy (non-hydrogen) atoms. The second-order valence-corrected chi connectivity index (χ2v) is 12.3. The summed E-state index contributed by atoms with van der Waals surface area (Å²) in [5.74, 6) is 0.0860. The van der Waals surface area contributed by atoms with Crippen LogP contribution in [-0.4, -0.2) is 24.1 Å². The Bertz CT molecular complexity index is 2860. The van der Waals surface area contributed by atoms with E-state index >= 15 is 0 Å². The van der Waals surface area contributed by atoms with Crippen molar-refractivity contribution in [1.29, 1.82) is 5.26 Å². The summed E-state index contributed by atoms with van der Waals surface area (Å²) in [5.41, 5.74) is 14.3. The molecule has 1 atom stereocenters. The summed E-state index contributed by atoms with van der Waals surface area (Å²) in [5, 5.41) is 11.8. The van der Waals surface area contributed by atoms with E-state index in [1.807, 2.05) is 48.8 Å². The van der Waals surface area contributed by atoms with E-state index in [4.69, 9.17) is 21.5 Å². The molecule has 0 radical (unpaired) electrons. The molecule has 10 rings (SSSR count). The van der Waals surface area contributed by atoms with Gasteiger partial charge in [0.05, 0.1) is 51.4 Å². The molecule has 0 amide bonds. The van der Waals surface area contributed by atoms with Gasteiger partial charge in [0.1, 0.15) is 0 Å². The quantitative estimate of drug-likeness (QED) is 0.183. The molecule has 4 aromatic carbocycles. The number of fused-ring (bicyclic) bond motifs is 9. The van der Waals surface area contributed by atoms with Gasteiger partial charge in [-0.3, -0.25) is 15.0 Å². The van der Waals surface area contributed by atoms with E-state index in [9.17, 15) is 5.26 Å². The maximum absolute atomic E-state index is 9.70. The van der Waals surface area contributed by atoms with Crippen LogP contribution in [-0.2, 0) is 0 Å². The van der Waals surface area contributed by atoms with Crippen molar-refractivity contribution in [2.45, 2.75) is 5.92 Å². The number of nitrogens with zero attached hydrogens (tertiary/aromatic N) is 7. The van der Waals surface area contributed by atoms with Gasteiger partial charge in [0.2, 0.25) is 0 Å². The van der Waals surface area contributed by atoms with Crippen molar-refractivity contribution in [3.63, 3.8) is 0 Å². The summed E-state index contributed by atoms with van der Waals surface area (Å²) >= 11 is 0. The summed E-state index contributed by atoms with van der Waals surface area (Å²) in [4.78, 5) is 18.1. The van der Waals surface area contributed by atoms with Crippen LogP contribution < -0.4 is 0 Å². The van der Waals surface area contributed by atoms with Crippen LogP contribution in [0.4, 0.5) is 5.69 Å². The van der Waals surface area contributed by atoms with Crippen LogP contribution in [0.3, 0.4) is 0 Å². The van der Waals surface area contributed by atoms with Crippen LogP contribution in [0.2, 0.25) is 0 Å². The average Bonchev–Trinajstić information content (AvgIpc) is 3.80. The minimum Gasteiger partial charge on any atom is -0.309 e. The summed E-state index contributed by atoms with van der Waals surface area (Å²) in [6.45, 7) is 7.61. The molecule has 0 bridgehead atoms. The lowest BCUT2D eigenvalue weighted by molar-refractivity contribution is 1.01. The molecule has 0 saturated carbocycles. The molecule has 1 aliphatic rings. The fourth-order valence-corrected chi connectivity index (χ4v) is 7.77. The molecule has 0 spiro atoms. The molecule has 0 saturated heterocycles. The van der Waals surface area contributed by atoms with Crippen molar-refractivity contribution in [3.8, 4) is 28.7 Å². The zero-order valence-electron chi connectivity index (χ0n) is 25.9. The first-order valence-corrected chi connectivity index (χ1v) is 16.0. The van der Waals surface area contributed by atoms with Gasteiger partial charge in [-0.25, -0.2) is 4.85 Å². The topological polar surface area (TPSA) is 76.7 Å². The maximum Gasteiger partial charge on any atom is 0.190 e. The maximum atomic E-state index is 9.70. The largest absolute Gasteiger partial charge is 0.309 e. The molecule has 1 unspecified atom stereocenters. The second kappa shape index (κ2) is 10.2. The Hall–Kier alpha value is -7.09. The van der Waals surface area contributed by atoms with E-state index in [0.29, 0.717) is 11.3 Å². The molecule has 226 valence electrons. The normalized spacial score (nSPS) is 13.5. The van der Waals surface area contributed by atoms with E-state index in [1.54, 1.807) is 12.3 Å². The highest BCUT2D eigenvalue weighted by atomic mass is 15.0. The Morgan fingerprint density at radius 3 is 2.06 bits per heavy atom. The zero-order valence-corrected chi connectivity index (χ0v) is 25.9. The number of hydrogen-bond acceptors (Lipinski definition) is 4. The smallest absolute Gasteiger partial charge is 0.190 e. The fourth-order valence-electron chi connectivity index (χ4n) is 7.77. The SMILES string of the molecule is [C-]#[N+]c1cc(C#N)cc(-n2c3ccc(-n4c5ccc(C6c7ccccc7-c7ncccc76)cc5c5ncccc54)cc3c3ncccc32)c1. The average molecular weight is 626 g/mol. The van der Waals surface area contributed by atoms with Crippen molar-refractivity contribution >= 4 is 49.6 Å². The molecular formula is C42H23N7. The number of hydrogen-bond donors (Lipinski definition) is 0. The third kappa shape index (κ3) is 3.85. The lowest BCUT2D eigenvalue weighted by atomic mass is 9.89. The summed E-state index contributed by atoms with van der Waals surface area (Å²) in [6, 6.07) is 41.5. The molecule has 9 aromatic rings. The number of rotatable bonds is 3. The van der Waals surface area contributed by atoms with E-state index in [-0.39, 0.29) is 5.92 Å². The number of nitriles is 1. The summed E-state index contributed by atoms with van der Waals surface area (Å²) < 4.78 is 4.36. The van der Waals surface area contributed by atoms with E-state index in [0.717, 1.165) is 60.9 Å². The van der Waals surface area contributed by atoms with Gasteiger partial charge in [-0.2, -0.15) is 5.26 Å². The van der Waals surface area contributed by atoms with Crippen LogP contribution in [0.25, 0.3) is 71.3 Å². The minimum absolute atomic E-state index is 0.0860. The third-order valence-corrected chi connectivity index (χ3v) is 9.73. The van der Waals surface area contributed by atoms with Gasteiger partial charge in [0.15, 0.2) is 5.69 Å². The predicted octanol–water partition coefficient (Wildman–Crippen LogP) is 9.65. The number of benzene rings is 4. The molecule has 1 aliphatic carbocycles. The molecule has 5 aromatic heterocycles. The predicted molar refractivity (Wildman–Crippen MR) is 192 cm³/mol. The van der Waals surface area contributed by atoms with Gasteiger partial charge in [0.25, 0.3) is 0 Å². The van der Waals surface area contributed by atoms with Crippen LogP contribution in [0.5, 0.6) is 0 Å². The Balaban J connectivity index is 1.19. The Morgan fingerprint density at radius 1 is 0.612 bits per heavy atom. The Labute approximate surface area is 280 Å². The molecular weight excluding hydrogens is 603 g/mol. The molecule has 0 N–H and O–H groups in total. The number of pyridine rings is 3. The molecule has 5 heterocycles. The van der Waals surface area contributed by atoms with Gasteiger partial charge < -0.3 is 9.13 Å². The van der Waals surface area contributed by atoms with Gasteiger partial charge >= 0.3 is 0 Å². The Morgan fingerprint density at radius 2 is 1.29 bits per heavy atom. The molecule has 7 nitrogen and oxygen atoms in total. The summed E-state index contributed by atoms with van der Waals surface area (Å²) in [6.07, 6.45) is 5.53. The highest BCUT2D eigenvalue weighted by Gasteiger charge is 2.31. The van der Waals surface area contributed by atoms with Gasteiger partial charge in [-0.15, -0.1) is 0 Å². The van der Waals surface area contributed by atoms with E-state index in [1.165, 1.54) is 22.3 Å². The van der Waals surface area contributed by atoms with Crippen LogP contribution in [0, 0.1) is 17.9 Å². The van der Waals surface area contributed by atoms with E-state index < -0.39 is 0 Å². The first-order valence-electron chi connectivity index (χ1n) is 16.0. The van der Waals surface area contributed by atoms with Gasteiger partial charge in [-0.1, -0.05) is 36.4 Å². The number of aromatic nitrogens is 5. The highest BCUT2D eigenvalue weighted by Crippen LogP contribution is 2.48. The van der Waals surface area contributed by atoms with Crippen molar-refractivity contribution < 1.29 is 0 Å². The first kappa shape index (κ1) is 27.1. The summed E-state index contributed by atoms with van der Waals surface area (Å²) in [7, 11) is 0. The fraction of sp³-hybridized carbons (Fsp3) is 0.0238. The van der Waals surface area contributed by atoms with Crippen molar-refractivity contribution in [2.75, 3.05) is 0 Å². The lowest BCUT2D eigenvalue weighted by Crippen LogP contribution is -2.00. The van der Waals surface area contributed by atoms with Gasteiger partial charge in [-0.05, 0) is 95.6 Å². The molecule has 0 fully saturated rings. The van der Waals surface area contributed by atoms with Crippen molar-refractivity contribution in [1.82, 2.24) is 24.1 Å². The minimum atomic E-state index is 0.0860. The first-order chi connectivity index (χ1) is 24.2. The second-order valence-electron chi connectivity index (χ2n) is 12.3. The molecule has 0 aliphatic heterocycles. The molecule has 7 heteroatoms. The highest BCUT2D eigenvalue weighted by molar-refractivity contribution is 6.10. The van der Waals surface area contributed by atoms with Crippen molar-refractivity contribution in [2.24, 2.45) is 0 Å². The van der Waals surface area contributed by atoms with Gasteiger partial charge in [0, 0.05) is 57.8 Å². The van der Waals surface area contributed by atoms with Crippen LogP contribution >= 0.6 is 0 Å². The Kier molecular flexibility index (Phi) is 5.64. The van der Waals surface area contributed by atoms with Crippen LogP contribution in [0.1, 0.15) is 28.2 Å². The van der Waals surface area contributed by atoms with Crippen molar-refractivity contribution in [3.05, 3.63) is 168 Å². The zero-order chi connectivity index (χ0) is 32.6. The standard InChI is InChI=1S/C42H23N7/c1-44-27-19-25(24-43)20-29(22-27)49-36-15-13-28(23-34(36)42-38(49)11-6-18-47-42)48-35-14-12-26(21-33(35)41-37(48)10-5-17-46-41)39-30-7-2-3-8-31(30)40-32(39)9-4-16-45-40/h2-23,39H. The lowest BCUT2D eigenvalue weighted by Gasteiger charge is -2.15. The van der Waals surface area contributed by atoms with E-state index in [2.05, 4.69) is 92.8 Å². The van der Waals surface area contributed by atoms with Crippen LogP contribution in [0.15, 0.2) is 134 Å². The third-order valence-electron chi connectivity index (χ3n) is 9.73.